The van der Waals surface area contributed by atoms with Crippen LogP contribution in [0.5, 0.6) is 11.5 Å². The second-order valence-corrected chi connectivity index (χ2v) is 10.9. The summed E-state index contributed by atoms with van der Waals surface area (Å²) in [6, 6.07) is 11.3. The Hall–Kier alpha value is 0.197. The third-order valence-electron chi connectivity index (χ3n) is 2.90. The molecule has 0 unspecified atom stereocenters. The molecule has 2 N–H and O–H groups in total. The summed E-state index contributed by atoms with van der Waals surface area (Å²) in [6.07, 6.45) is 0. The third kappa shape index (κ3) is 8.41. The van der Waals surface area contributed by atoms with Crippen molar-refractivity contribution in [3.8, 4) is 11.5 Å². The predicted octanol–water partition coefficient (Wildman–Crippen LogP) is -4.38. The van der Waals surface area contributed by atoms with Crippen LogP contribution in [0.3, 0.4) is 0 Å². The van der Waals surface area contributed by atoms with Gasteiger partial charge in [0, 0.05) is 17.6 Å². The Labute approximate surface area is 162 Å². The van der Waals surface area contributed by atoms with E-state index in [0.717, 1.165) is 0 Å². The standard InChI is InChI=1S/2C7H11OSi.2ClH.Zr/c2*1-9(2)7-5-3-4-6(7)8;;;/h2*3-5,8-9H,1-2H3;2*1H;/q2*-1;;;+4/p-2. The van der Waals surface area contributed by atoms with E-state index in [-0.39, 0.29) is 51.0 Å². The first-order valence-electron chi connectivity index (χ1n) is 6.32. The molecule has 0 bridgehead atoms. The Kier molecular flexibility index (Phi) is 15.8. The van der Waals surface area contributed by atoms with Crippen molar-refractivity contribution in [1.82, 2.24) is 0 Å². The Morgan fingerprint density at radius 1 is 0.762 bits per heavy atom. The number of hydrogen-bond donors (Lipinski definition) is 2. The van der Waals surface area contributed by atoms with Gasteiger partial charge < -0.3 is 35.0 Å². The maximum atomic E-state index is 9.16. The van der Waals surface area contributed by atoms with E-state index >= 15 is 0 Å². The van der Waals surface area contributed by atoms with E-state index in [2.05, 4.69) is 26.2 Å². The monoisotopic (exact) mass is 438 g/mol. The minimum atomic E-state index is -0.769. The average Bonchev–Trinajstić information content (AvgIpc) is 2.87. The van der Waals surface area contributed by atoms with E-state index in [1.54, 1.807) is 12.1 Å². The van der Waals surface area contributed by atoms with E-state index in [9.17, 15) is 0 Å². The fraction of sp³-hybridized carbons (Fsp3) is 0.286. The first-order valence-corrected chi connectivity index (χ1v) is 12.1. The van der Waals surface area contributed by atoms with Crippen molar-refractivity contribution < 1.29 is 61.2 Å². The molecule has 21 heavy (non-hydrogen) atoms. The quantitative estimate of drug-likeness (QED) is 0.366. The van der Waals surface area contributed by atoms with Gasteiger partial charge in [-0.2, -0.15) is 24.3 Å². The summed E-state index contributed by atoms with van der Waals surface area (Å²) in [6.45, 7) is 8.81. The molecular formula is C14H22Cl2O2Si2Zr. The fourth-order valence-corrected chi connectivity index (χ4v) is 4.19. The molecule has 7 heteroatoms. The summed E-state index contributed by atoms with van der Waals surface area (Å²) in [5.74, 6) is 0.966. The number of rotatable bonds is 2. The molecule has 0 fully saturated rings. The molecule has 0 atom stereocenters. The van der Waals surface area contributed by atoms with E-state index in [0.29, 0.717) is 11.5 Å². The van der Waals surface area contributed by atoms with Gasteiger partial charge in [-0.15, -0.1) is 10.4 Å². The molecular weight excluding hydrogens is 418 g/mol. The van der Waals surface area contributed by atoms with Crippen LogP contribution < -0.4 is 35.2 Å². The number of halogens is 2. The molecule has 0 aliphatic heterocycles. The van der Waals surface area contributed by atoms with E-state index in [4.69, 9.17) is 10.2 Å². The number of aromatic hydroxyl groups is 2. The summed E-state index contributed by atoms with van der Waals surface area (Å²) in [4.78, 5) is 0. The first-order chi connectivity index (χ1) is 8.43. The van der Waals surface area contributed by atoms with Crippen LogP contribution in [0.15, 0.2) is 36.4 Å². The van der Waals surface area contributed by atoms with E-state index in [1.165, 1.54) is 10.4 Å². The molecule has 2 aromatic rings. The third-order valence-corrected chi connectivity index (χ3v) is 6.36. The van der Waals surface area contributed by atoms with Crippen molar-refractivity contribution in [2.24, 2.45) is 0 Å². The van der Waals surface area contributed by atoms with Crippen LogP contribution in [-0.4, -0.2) is 27.8 Å². The molecule has 2 nitrogen and oxygen atoms in total. The zero-order chi connectivity index (χ0) is 13.7. The zero-order valence-corrected chi connectivity index (χ0v) is 19.0. The second-order valence-electron chi connectivity index (χ2n) is 5.04. The minimum absolute atomic E-state index is 0. The summed E-state index contributed by atoms with van der Waals surface area (Å²) >= 11 is 0. The van der Waals surface area contributed by atoms with Crippen molar-refractivity contribution in [1.29, 1.82) is 0 Å². The second kappa shape index (κ2) is 12.7. The number of hydrogen-bond acceptors (Lipinski definition) is 2. The molecule has 0 spiro atoms. The molecule has 2 rings (SSSR count). The van der Waals surface area contributed by atoms with Crippen LogP contribution in [0.4, 0.5) is 0 Å². The molecule has 0 saturated carbocycles. The maximum Gasteiger partial charge on any atom is 4.00 e. The Morgan fingerprint density at radius 3 is 1.14 bits per heavy atom. The Balaban J connectivity index is -0.000000270. The normalized spacial score (nSPS) is 9.05. The topological polar surface area (TPSA) is 40.5 Å². The van der Waals surface area contributed by atoms with Crippen molar-refractivity contribution in [2.75, 3.05) is 0 Å². The van der Waals surface area contributed by atoms with E-state index < -0.39 is 17.6 Å². The molecule has 0 amide bonds. The predicted molar refractivity (Wildman–Crippen MR) is 84.4 cm³/mol. The molecule has 0 aliphatic rings. The summed E-state index contributed by atoms with van der Waals surface area (Å²) < 4.78 is 0. The average molecular weight is 441 g/mol. The molecule has 2 aromatic carbocycles. The van der Waals surface area contributed by atoms with Gasteiger partial charge in [-0.25, -0.2) is 12.1 Å². The summed E-state index contributed by atoms with van der Waals surface area (Å²) in [7, 11) is -1.54. The Bertz CT molecular complexity index is 441. The van der Waals surface area contributed by atoms with Gasteiger partial charge in [0.15, 0.2) is 0 Å². The van der Waals surface area contributed by atoms with Gasteiger partial charge in [0.2, 0.25) is 0 Å². The van der Waals surface area contributed by atoms with Crippen LogP contribution >= 0.6 is 0 Å². The van der Waals surface area contributed by atoms with Gasteiger partial charge >= 0.3 is 26.2 Å². The van der Waals surface area contributed by atoms with Crippen LogP contribution in [0, 0.1) is 0 Å². The first kappa shape index (κ1) is 26.1. The van der Waals surface area contributed by atoms with Gasteiger partial charge in [0.25, 0.3) is 0 Å². The van der Waals surface area contributed by atoms with Gasteiger partial charge in [-0.1, -0.05) is 26.2 Å². The van der Waals surface area contributed by atoms with Crippen molar-refractivity contribution in [3.05, 3.63) is 36.4 Å². The van der Waals surface area contributed by atoms with Gasteiger partial charge in [0.1, 0.15) is 0 Å². The van der Waals surface area contributed by atoms with Crippen LogP contribution in [0.25, 0.3) is 0 Å². The molecule has 0 aliphatic carbocycles. The van der Waals surface area contributed by atoms with E-state index in [1.807, 2.05) is 24.3 Å². The van der Waals surface area contributed by atoms with Gasteiger partial charge in [-0.3, -0.25) is 0 Å². The zero-order valence-electron chi connectivity index (χ0n) is 12.8. The molecule has 116 valence electrons. The summed E-state index contributed by atoms with van der Waals surface area (Å²) in [5.41, 5.74) is 0. The fourth-order valence-electron chi connectivity index (χ4n) is 1.83. The van der Waals surface area contributed by atoms with Crippen molar-refractivity contribution >= 4 is 28.0 Å². The maximum absolute atomic E-state index is 9.16. The molecule has 0 aromatic heterocycles. The van der Waals surface area contributed by atoms with Gasteiger partial charge in [0.05, 0.1) is 0 Å². The van der Waals surface area contributed by atoms with Crippen molar-refractivity contribution in [2.45, 2.75) is 26.2 Å². The smallest absolute Gasteiger partial charge is 1.00 e. The van der Waals surface area contributed by atoms with Crippen LogP contribution in [-0.2, 0) is 26.2 Å². The SMILES string of the molecule is C[SiH](C)[c-]1cccc1O.C[SiH](C)[c-]1cccc1O.[Cl-].[Cl-].[Zr+4]. The van der Waals surface area contributed by atoms with Crippen LogP contribution in [0.1, 0.15) is 0 Å². The Morgan fingerprint density at radius 2 is 1.05 bits per heavy atom. The molecule has 0 saturated heterocycles. The molecule has 0 heterocycles. The van der Waals surface area contributed by atoms with Crippen molar-refractivity contribution in [3.63, 3.8) is 0 Å². The van der Waals surface area contributed by atoms with Gasteiger partial charge in [-0.05, 0) is 11.5 Å². The molecule has 0 radical (unpaired) electrons. The summed E-state index contributed by atoms with van der Waals surface area (Å²) in [5, 5.41) is 20.7. The van der Waals surface area contributed by atoms with Crippen LogP contribution in [0.2, 0.25) is 26.2 Å². The largest absolute Gasteiger partial charge is 4.00 e. The minimum Gasteiger partial charge on any atom is -1.00 e.